The maximum absolute atomic E-state index is 6.27. The zero-order chi connectivity index (χ0) is 10.7. The van der Waals surface area contributed by atoms with Crippen LogP contribution in [0, 0.1) is 5.92 Å². The first-order chi connectivity index (χ1) is 7.31. The van der Waals surface area contributed by atoms with Gasteiger partial charge in [0.15, 0.2) is 0 Å². The third-order valence-corrected chi connectivity index (χ3v) is 3.39. The minimum atomic E-state index is 0. The van der Waals surface area contributed by atoms with Gasteiger partial charge in [0.1, 0.15) is 5.75 Å². The molecule has 2 nitrogen and oxygen atoms in total. The van der Waals surface area contributed by atoms with Gasteiger partial charge in [0.05, 0.1) is 7.11 Å². The molecule has 1 aliphatic carbocycles. The van der Waals surface area contributed by atoms with Crippen LogP contribution in [-0.4, -0.2) is 7.11 Å². The first-order valence-corrected chi connectivity index (χ1v) is 5.71. The summed E-state index contributed by atoms with van der Waals surface area (Å²) in [5, 5.41) is 0. The van der Waals surface area contributed by atoms with Gasteiger partial charge in [-0.05, 0) is 36.5 Å². The van der Waals surface area contributed by atoms with Crippen molar-refractivity contribution in [3.8, 4) is 5.75 Å². The molecule has 90 valence electrons. The summed E-state index contributed by atoms with van der Waals surface area (Å²) in [6, 6.07) is 8.32. The molecule has 0 spiro atoms. The zero-order valence-electron chi connectivity index (χ0n) is 9.69. The van der Waals surface area contributed by atoms with Crippen LogP contribution < -0.4 is 10.5 Å². The number of rotatable bonds is 3. The molecule has 1 atom stereocenters. The average Bonchev–Trinajstić information content (AvgIpc) is 2.81. The number of methoxy groups -OCH3 is 1. The molecule has 1 saturated carbocycles. The van der Waals surface area contributed by atoms with Crippen LogP contribution in [0.4, 0.5) is 0 Å². The minimum Gasteiger partial charge on any atom is -0.497 e. The Morgan fingerprint density at radius 1 is 1.31 bits per heavy atom. The largest absolute Gasteiger partial charge is 0.497 e. The summed E-state index contributed by atoms with van der Waals surface area (Å²) in [4.78, 5) is 0. The lowest BCUT2D eigenvalue weighted by molar-refractivity contribution is 0.409. The molecule has 0 bridgehead atoms. The molecule has 2 N–H and O–H groups in total. The van der Waals surface area contributed by atoms with E-state index in [1.54, 1.807) is 7.11 Å². The maximum atomic E-state index is 6.27. The summed E-state index contributed by atoms with van der Waals surface area (Å²) < 4.78 is 5.21. The molecule has 1 aliphatic rings. The van der Waals surface area contributed by atoms with Gasteiger partial charge in [-0.1, -0.05) is 25.0 Å². The number of halogens is 1. The topological polar surface area (TPSA) is 35.2 Å². The summed E-state index contributed by atoms with van der Waals surface area (Å²) in [6.45, 7) is 0. The van der Waals surface area contributed by atoms with Gasteiger partial charge >= 0.3 is 0 Å². The third-order valence-electron chi connectivity index (χ3n) is 3.39. The second-order valence-corrected chi connectivity index (χ2v) is 4.35. The van der Waals surface area contributed by atoms with Crippen LogP contribution in [0.3, 0.4) is 0 Å². The normalized spacial score (nSPS) is 17.9. The summed E-state index contributed by atoms with van der Waals surface area (Å²) in [7, 11) is 1.69. The molecule has 0 aliphatic heterocycles. The fourth-order valence-corrected chi connectivity index (χ4v) is 2.44. The highest BCUT2D eigenvalue weighted by molar-refractivity contribution is 5.85. The Labute approximate surface area is 104 Å². The molecule has 2 rings (SSSR count). The van der Waals surface area contributed by atoms with Crippen molar-refractivity contribution in [1.29, 1.82) is 0 Å². The van der Waals surface area contributed by atoms with Gasteiger partial charge in [-0.3, -0.25) is 0 Å². The molecule has 3 heteroatoms. The Morgan fingerprint density at radius 3 is 2.62 bits per heavy atom. The van der Waals surface area contributed by atoms with E-state index in [0.717, 1.165) is 5.75 Å². The van der Waals surface area contributed by atoms with Crippen molar-refractivity contribution in [1.82, 2.24) is 0 Å². The number of ether oxygens (including phenoxy) is 1. The van der Waals surface area contributed by atoms with Crippen LogP contribution >= 0.6 is 12.4 Å². The molecular weight excluding hydrogens is 222 g/mol. The van der Waals surface area contributed by atoms with E-state index in [4.69, 9.17) is 10.5 Å². The SMILES string of the molecule is COc1cccc(C(N)C2CCCC2)c1.Cl. The molecule has 16 heavy (non-hydrogen) atoms. The lowest BCUT2D eigenvalue weighted by atomic mass is 9.92. The predicted octanol–water partition coefficient (Wildman–Crippen LogP) is 3.31. The Bertz CT molecular complexity index is 323. The molecule has 1 unspecified atom stereocenters. The van der Waals surface area contributed by atoms with Crippen molar-refractivity contribution in [3.63, 3.8) is 0 Å². The van der Waals surface area contributed by atoms with Crippen LogP contribution in [0.2, 0.25) is 0 Å². The maximum Gasteiger partial charge on any atom is 0.119 e. The van der Waals surface area contributed by atoms with E-state index < -0.39 is 0 Å². The van der Waals surface area contributed by atoms with Crippen LogP contribution in [0.25, 0.3) is 0 Å². The monoisotopic (exact) mass is 241 g/mol. The van der Waals surface area contributed by atoms with E-state index >= 15 is 0 Å². The zero-order valence-corrected chi connectivity index (χ0v) is 10.5. The van der Waals surface area contributed by atoms with E-state index in [2.05, 4.69) is 12.1 Å². The van der Waals surface area contributed by atoms with Crippen LogP contribution in [0.15, 0.2) is 24.3 Å². The average molecular weight is 242 g/mol. The van der Waals surface area contributed by atoms with Gasteiger partial charge in [0.25, 0.3) is 0 Å². The van der Waals surface area contributed by atoms with Gasteiger partial charge in [-0.2, -0.15) is 0 Å². The molecule has 1 aromatic carbocycles. The number of hydrogen-bond acceptors (Lipinski definition) is 2. The van der Waals surface area contributed by atoms with Crippen molar-refractivity contribution in [2.75, 3.05) is 7.11 Å². The quantitative estimate of drug-likeness (QED) is 0.881. The third kappa shape index (κ3) is 2.89. The Morgan fingerprint density at radius 2 is 2.00 bits per heavy atom. The highest BCUT2D eigenvalue weighted by Gasteiger charge is 2.23. The molecule has 1 aromatic rings. The number of benzene rings is 1. The first-order valence-electron chi connectivity index (χ1n) is 5.71. The van der Waals surface area contributed by atoms with E-state index in [1.165, 1.54) is 31.2 Å². The highest BCUT2D eigenvalue weighted by Crippen LogP contribution is 2.34. The van der Waals surface area contributed by atoms with Crippen LogP contribution in [0.1, 0.15) is 37.3 Å². The van der Waals surface area contributed by atoms with E-state index in [9.17, 15) is 0 Å². The lowest BCUT2D eigenvalue weighted by Gasteiger charge is -2.19. The van der Waals surface area contributed by atoms with Gasteiger partial charge in [0, 0.05) is 6.04 Å². The van der Waals surface area contributed by atoms with Gasteiger partial charge in [-0.25, -0.2) is 0 Å². The summed E-state index contributed by atoms with van der Waals surface area (Å²) in [5.41, 5.74) is 7.48. The van der Waals surface area contributed by atoms with E-state index in [-0.39, 0.29) is 18.4 Å². The molecule has 0 heterocycles. The van der Waals surface area contributed by atoms with Crippen LogP contribution in [-0.2, 0) is 0 Å². The Kier molecular flexibility index (Phi) is 5.10. The summed E-state index contributed by atoms with van der Waals surface area (Å²) >= 11 is 0. The van der Waals surface area contributed by atoms with Crippen molar-refractivity contribution >= 4 is 12.4 Å². The molecular formula is C13H20ClNO. The van der Waals surface area contributed by atoms with Crippen molar-refractivity contribution in [2.45, 2.75) is 31.7 Å². The van der Waals surface area contributed by atoms with E-state index in [1.807, 2.05) is 12.1 Å². The lowest BCUT2D eigenvalue weighted by Crippen LogP contribution is -2.18. The highest BCUT2D eigenvalue weighted by atomic mass is 35.5. The predicted molar refractivity (Wildman–Crippen MR) is 69.1 cm³/mol. The van der Waals surface area contributed by atoms with Crippen LogP contribution in [0.5, 0.6) is 5.75 Å². The Balaban J connectivity index is 0.00000128. The summed E-state index contributed by atoms with van der Waals surface area (Å²) in [5.74, 6) is 1.57. The smallest absolute Gasteiger partial charge is 0.119 e. The van der Waals surface area contributed by atoms with Gasteiger partial charge in [0.2, 0.25) is 0 Å². The van der Waals surface area contributed by atoms with Crippen molar-refractivity contribution in [2.24, 2.45) is 11.7 Å². The second-order valence-electron chi connectivity index (χ2n) is 4.35. The van der Waals surface area contributed by atoms with Gasteiger partial charge in [-0.15, -0.1) is 12.4 Å². The Hall–Kier alpha value is -0.730. The van der Waals surface area contributed by atoms with Gasteiger partial charge < -0.3 is 10.5 Å². The fourth-order valence-electron chi connectivity index (χ4n) is 2.44. The standard InChI is InChI=1S/C13H19NO.ClH/c1-15-12-8-4-7-11(9-12)13(14)10-5-2-3-6-10;/h4,7-10,13H,2-3,5-6,14H2,1H3;1H. The van der Waals surface area contributed by atoms with Crippen molar-refractivity contribution in [3.05, 3.63) is 29.8 Å². The molecule has 0 radical (unpaired) electrons. The number of hydrogen-bond donors (Lipinski definition) is 1. The first kappa shape index (κ1) is 13.3. The number of nitrogens with two attached hydrogens (primary N) is 1. The summed E-state index contributed by atoms with van der Waals surface area (Å²) in [6.07, 6.45) is 5.22. The second kappa shape index (κ2) is 6.12. The van der Waals surface area contributed by atoms with Crippen molar-refractivity contribution < 1.29 is 4.74 Å². The minimum absolute atomic E-state index is 0. The molecule has 1 fully saturated rings. The molecule has 0 saturated heterocycles. The molecule has 0 aromatic heterocycles. The molecule has 0 amide bonds. The fraction of sp³-hybridized carbons (Fsp3) is 0.538. The van der Waals surface area contributed by atoms with E-state index in [0.29, 0.717) is 5.92 Å².